The van der Waals surface area contributed by atoms with Gasteiger partial charge >= 0.3 is 6.03 Å². The van der Waals surface area contributed by atoms with Crippen LogP contribution in [0.5, 0.6) is 0 Å². The van der Waals surface area contributed by atoms with Crippen LogP contribution < -0.4 is 10.6 Å². The summed E-state index contributed by atoms with van der Waals surface area (Å²) in [6.45, 7) is 2.63. The average Bonchev–Trinajstić information content (AvgIpc) is 2.39. The molecule has 0 aliphatic carbocycles. The quantitative estimate of drug-likeness (QED) is 0.803. The van der Waals surface area contributed by atoms with Gasteiger partial charge in [-0.2, -0.15) is 0 Å². The molecule has 18 heavy (non-hydrogen) atoms. The first-order chi connectivity index (χ1) is 8.74. The summed E-state index contributed by atoms with van der Waals surface area (Å²) in [5.74, 6) is 0. The molecule has 2 heterocycles. The molecule has 0 atom stereocenters. The van der Waals surface area contributed by atoms with Crippen LogP contribution in [0.15, 0.2) is 36.7 Å². The van der Waals surface area contributed by atoms with Crippen LogP contribution in [0.3, 0.4) is 0 Å². The van der Waals surface area contributed by atoms with E-state index >= 15 is 0 Å². The van der Waals surface area contributed by atoms with Crippen LogP contribution in [-0.4, -0.2) is 11.0 Å². The molecule has 0 unspecified atom stereocenters. The van der Waals surface area contributed by atoms with Gasteiger partial charge in [0.05, 0.1) is 0 Å². The van der Waals surface area contributed by atoms with E-state index in [-0.39, 0.29) is 6.03 Å². The van der Waals surface area contributed by atoms with Crippen molar-refractivity contribution in [3.8, 4) is 11.1 Å². The monoisotopic (exact) mass is 239 g/mol. The SMILES string of the molecule is Cc1ccncc1-c1ccc2c(c1)CNC(=O)N2. The lowest BCUT2D eigenvalue weighted by molar-refractivity contribution is 0.251. The van der Waals surface area contributed by atoms with E-state index in [0.29, 0.717) is 6.54 Å². The number of nitrogens with one attached hydrogen (secondary N) is 2. The van der Waals surface area contributed by atoms with Crippen LogP contribution in [0.1, 0.15) is 11.1 Å². The van der Waals surface area contributed by atoms with Gasteiger partial charge < -0.3 is 10.6 Å². The third kappa shape index (κ3) is 1.82. The van der Waals surface area contributed by atoms with E-state index in [0.717, 1.165) is 22.4 Å². The molecule has 90 valence electrons. The number of aryl methyl sites for hydroxylation is 1. The van der Waals surface area contributed by atoms with Gasteiger partial charge in [-0.25, -0.2) is 4.79 Å². The van der Waals surface area contributed by atoms with Gasteiger partial charge in [-0.15, -0.1) is 0 Å². The Morgan fingerprint density at radius 1 is 1.28 bits per heavy atom. The summed E-state index contributed by atoms with van der Waals surface area (Å²) in [7, 11) is 0. The molecule has 4 nitrogen and oxygen atoms in total. The van der Waals surface area contributed by atoms with E-state index in [1.54, 1.807) is 6.20 Å². The number of fused-ring (bicyclic) bond motifs is 1. The lowest BCUT2D eigenvalue weighted by Gasteiger charge is -2.19. The first-order valence-corrected chi connectivity index (χ1v) is 5.83. The summed E-state index contributed by atoms with van der Waals surface area (Å²) in [6, 6.07) is 7.89. The second kappa shape index (κ2) is 4.14. The van der Waals surface area contributed by atoms with E-state index < -0.39 is 0 Å². The molecule has 1 aromatic heterocycles. The zero-order valence-corrected chi connectivity index (χ0v) is 10.0. The van der Waals surface area contributed by atoms with Crippen LogP contribution >= 0.6 is 0 Å². The summed E-state index contributed by atoms with van der Waals surface area (Å²) in [5, 5.41) is 5.55. The zero-order valence-electron chi connectivity index (χ0n) is 10.0. The summed E-state index contributed by atoms with van der Waals surface area (Å²) in [5.41, 5.74) is 5.41. The molecule has 0 radical (unpaired) electrons. The predicted octanol–water partition coefficient (Wildman–Crippen LogP) is 2.69. The molecule has 4 heteroatoms. The highest BCUT2D eigenvalue weighted by Crippen LogP contribution is 2.28. The molecule has 1 aliphatic rings. The number of anilines is 1. The number of aromatic nitrogens is 1. The molecule has 0 saturated heterocycles. The lowest BCUT2D eigenvalue weighted by Crippen LogP contribution is -2.33. The first-order valence-electron chi connectivity index (χ1n) is 5.83. The number of hydrogen-bond donors (Lipinski definition) is 2. The maximum absolute atomic E-state index is 11.2. The van der Waals surface area contributed by atoms with Gasteiger partial charge in [0.25, 0.3) is 0 Å². The Kier molecular flexibility index (Phi) is 2.48. The molecular formula is C14H13N3O. The summed E-state index contributed by atoms with van der Waals surface area (Å²) in [4.78, 5) is 15.4. The Morgan fingerprint density at radius 2 is 2.17 bits per heavy atom. The smallest absolute Gasteiger partial charge is 0.319 e. The topological polar surface area (TPSA) is 54.0 Å². The fourth-order valence-corrected chi connectivity index (χ4v) is 2.14. The number of carbonyl (C=O) groups is 1. The van der Waals surface area contributed by atoms with Gasteiger partial charge in [-0.05, 0) is 41.8 Å². The standard InChI is InChI=1S/C14H13N3O/c1-9-4-5-15-8-12(9)10-2-3-13-11(6-10)7-16-14(18)17-13/h2-6,8H,7H2,1H3,(H2,16,17,18). The minimum Gasteiger partial charge on any atom is -0.334 e. The Bertz CT molecular complexity index is 622. The van der Waals surface area contributed by atoms with Gasteiger partial charge in [-0.3, -0.25) is 4.98 Å². The molecular weight excluding hydrogens is 226 g/mol. The highest BCUT2D eigenvalue weighted by atomic mass is 16.2. The Morgan fingerprint density at radius 3 is 3.00 bits per heavy atom. The largest absolute Gasteiger partial charge is 0.334 e. The normalized spacial score (nSPS) is 13.5. The maximum atomic E-state index is 11.2. The number of carbonyl (C=O) groups excluding carboxylic acids is 1. The third-order valence-electron chi connectivity index (χ3n) is 3.14. The number of rotatable bonds is 1. The van der Waals surface area contributed by atoms with Crippen molar-refractivity contribution in [3.63, 3.8) is 0 Å². The zero-order chi connectivity index (χ0) is 12.5. The molecule has 2 aromatic rings. The van der Waals surface area contributed by atoms with Crippen molar-refractivity contribution in [3.05, 3.63) is 47.8 Å². The number of hydrogen-bond acceptors (Lipinski definition) is 2. The number of amides is 2. The highest BCUT2D eigenvalue weighted by molar-refractivity contribution is 5.92. The number of pyridine rings is 1. The second-order valence-electron chi connectivity index (χ2n) is 4.37. The van der Waals surface area contributed by atoms with Crippen LogP contribution in [-0.2, 0) is 6.54 Å². The van der Waals surface area contributed by atoms with E-state index in [4.69, 9.17) is 0 Å². The highest BCUT2D eigenvalue weighted by Gasteiger charge is 2.14. The summed E-state index contributed by atoms with van der Waals surface area (Å²) in [6.07, 6.45) is 3.66. The van der Waals surface area contributed by atoms with E-state index in [9.17, 15) is 4.79 Å². The van der Waals surface area contributed by atoms with Crippen molar-refractivity contribution < 1.29 is 4.79 Å². The van der Waals surface area contributed by atoms with Gasteiger partial charge in [0.15, 0.2) is 0 Å². The van der Waals surface area contributed by atoms with E-state index in [2.05, 4.69) is 28.6 Å². The van der Waals surface area contributed by atoms with Crippen LogP contribution in [0.25, 0.3) is 11.1 Å². The van der Waals surface area contributed by atoms with Crippen molar-refractivity contribution in [2.75, 3.05) is 5.32 Å². The third-order valence-corrected chi connectivity index (χ3v) is 3.14. The fourth-order valence-electron chi connectivity index (χ4n) is 2.14. The van der Waals surface area contributed by atoms with Crippen molar-refractivity contribution in [2.24, 2.45) is 0 Å². The summed E-state index contributed by atoms with van der Waals surface area (Å²) < 4.78 is 0. The van der Waals surface area contributed by atoms with Crippen molar-refractivity contribution in [1.82, 2.24) is 10.3 Å². The lowest BCUT2D eigenvalue weighted by atomic mass is 9.99. The number of nitrogens with zero attached hydrogens (tertiary/aromatic N) is 1. The fraction of sp³-hybridized carbons (Fsp3) is 0.143. The molecule has 2 amide bonds. The Balaban J connectivity index is 2.05. The van der Waals surface area contributed by atoms with E-state index in [1.165, 1.54) is 5.56 Å². The molecule has 0 spiro atoms. The predicted molar refractivity (Wildman–Crippen MR) is 70.3 cm³/mol. The summed E-state index contributed by atoms with van der Waals surface area (Å²) >= 11 is 0. The van der Waals surface area contributed by atoms with Crippen LogP contribution in [0, 0.1) is 6.92 Å². The minimum atomic E-state index is -0.146. The van der Waals surface area contributed by atoms with Crippen LogP contribution in [0.4, 0.5) is 10.5 Å². The molecule has 0 saturated carbocycles. The molecule has 3 rings (SSSR count). The van der Waals surface area contributed by atoms with Gasteiger partial charge in [0.2, 0.25) is 0 Å². The molecule has 2 N–H and O–H groups in total. The Hall–Kier alpha value is -2.36. The Labute approximate surface area is 105 Å². The van der Waals surface area contributed by atoms with Gasteiger partial charge in [-0.1, -0.05) is 6.07 Å². The number of benzene rings is 1. The van der Waals surface area contributed by atoms with Gasteiger partial charge in [0, 0.05) is 30.2 Å². The molecule has 1 aliphatic heterocycles. The molecule has 0 fully saturated rings. The minimum absolute atomic E-state index is 0.146. The molecule has 0 bridgehead atoms. The average molecular weight is 239 g/mol. The van der Waals surface area contributed by atoms with Crippen molar-refractivity contribution in [1.29, 1.82) is 0 Å². The first kappa shape index (κ1) is 10.8. The van der Waals surface area contributed by atoms with E-state index in [1.807, 2.05) is 24.4 Å². The van der Waals surface area contributed by atoms with Crippen molar-refractivity contribution >= 4 is 11.7 Å². The van der Waals surface area contributed by atoms with Crippen molar-refractivity contribution in [2.45, 2.75) is 13.5 Å². The second-order valence-corrected chi connectivity index (χ2v) is 4.37. The molecule has 1 aromatic carbocycles. The van der Waals surface area contributed by atoms with Gasteiger partial charge in [0.1, 0.15) is 0 Å². The van der Waals surface area contributed by atoms with Crippen LogP contribution in [0.2, 0.25) is 0 Å². The number of urea groups is 1. The maximum Gasteiger partial charge on any atom is 0.319 e.